The van der Waals surface area contributed by atoms with Crippen molar-refractivity contribution < 1.29 is 9.53 Å². The highest BCUT2D eigenvalue weighted by molar-refractivity contribution is 6.30. The van der Waals surface area contributed by atoms with Crippen LogP contribution in [-0.4, -0.2) is 19.1 Å². The Bertz CT molecular complexity index is 672. The molecule has 0 aromatic heterocycles. The zero-order chi connectivity index (χ0) is 15.0. The second-order valence-corrected chi connectivity index (χ2v) is 5.37. The average molecular weight is 303 g/mol. The van der Waals surface area contributed by atoms with Crippen molar-refractivity contribution in [2.75, 3.05) is 12.0 Å². The van der Waals surface area contributed by atoms with Crippen LogP contribution >= 0.6 is 11.6 Å². The van der Waals surface area contributed by atoms with Gasteiger partial charge < -0.3 is 15.4 Å². The summed E-state index contributed by atoms with van der Waals surface area (Å²) in [5, 5.41) is 0.633. The van der Waals surface area contributed by atoms with Gasteiger partial charge in [0.15, 0.2) is 0 Å². The lowest BCUT2D eigenvalue weighted by molar-refractivity contribution is -0.126. The minimum atomic E-state index is -0.537. The number of hydrogen-bond donors (Lipinski definition) is 1. The van der Waals surface area contributed by atoms with Crippen molar-refractivity contribution in [3.8, 4) is 5.75 Å². The molecule has 0 aliphatic carbocycles. The fourth-order valence-electron chi connectivity index (χ4n) is 2.59. The molecule has 1 aliphatic rings. The van der Waals surface area contributed by atoms with E-state index in [-0.39, 0.29) is 11.9 Å². The fourth-order valence-corrected chi connectivity index (χ4v) is 2.79. The molecule has 0 bridgehead atoms. The van der Waals surface area contributed by atoms with E-state index >= 15 is 0 Å². The summed E-state index contributed by atoms with van der Waals surface area (Å²) >= 11 is 6.03. The summed E-state index contributed by atoms with van der Waals surface area (Å²) in [6, 6.07) is 14.0. The van der Waals surface area contributed by atoms with E-state index in [9.17, 15) is 4.79 Å². The normalized spacial score (nSPS) is 21.1. The molecule has 108 valence electrons. The molecule has 0 radical (unpaired) electrons. The summed E-state index contributed by atoms with van der Waals surface area (Å²) in [6.07, 6.45) is 0. The van der Waals surface area contributed by atoms with E-state index in [1.807, 2.05) is 42.5 Å². The van der Waals surface area contributed by atoms with Crippen LogP contribution in [0.1, 0.15) is 11.6 Å². The van der Waals surface area contributed by atoms with E-state index in [0.717, 1.165) is 17.0 Å². The molecule has 2 atom stereocenters. The molecule has 1 aliphatic heterocycles. The van der Waals surface area contributed by atoms with E-state index in [4.69, 9.17) is 22.1 Å². The van der Waals surface area contributed by atoms with E-state index in [1.54, 1.807) is 18.1 Å². The first-order valence-corrected chi connectivity index (χ1v) is 6.98. The number of anilines is 1. The average Bonchev–Trinajstić information content (AvgIpc) is 2.51. The summed E-state index contributed by atoms with van der Waals surface area (Å²) in [5.74, 6) is 0.653. The third-order valence-corrected chi connectivity index (χ3v) is 3.92. The number of nitrogens with two attached hydrogens (primary N) is 1. The Balaban J connectivity index is 1.94. The molecule has 1 amide bonds. The predicted molar refractivity (Wildman–Crippen MR) is 82.6 cm³/mol. The van der Waals surface area contributed by atoms with Crippen LogP contribution in [0.5, 0.6) is 5.75 Å². The third-order valence-electron chi connectivity index (χ3n) is 3.68. The number of carbonyl (C=O) groups excluding carboxylic acids is 1. The highest BCUT2D eigenvalue weighted by atomic mass is 35.5. The number of rotatable bonds is 3. The van der Waals surface area contributed by atoms with Crippen LogP contribution in [0, 0.1) is 0 Å². The van der Waals surface area contributed by atoms with Crippen molar-refractivity contribution in [2.24, 2.45) is 5.73 Å². The maximum absolute atomic E-state index is 12.1. The van der Waals surface area contributed by atoms with Gasteiger partial charge in [-0.25, -0.2) is 0 Å². The Labute approximate surface area is 128 Å². The van der Waals surface area contributed by atoms with Gasteiger partial charge in [0, 0.05) is 10.7 Å². The Morgan fingerprint density at radius 2 is 1.90 bits per heavy atom. The number of halogens is 1. The van der Waals surface area contributed by atoms with Crippen molar-refractivity contribution in [3.63, 3.8) is 0 Å². The number of amides is 1. The molecule has 3 rings (SSSR count). The van der Waals surface area contributed by atoms with E-state index in [0.29, 0.717) is 5.02 Å². The van der Waals surface area contributed by atoms with Gasteiger partial charge in [0.05, 0.1) is 13.2 Å². The first kappa shape index (κ1) is 13.9. The molecule has 2 aromatic carbocycles. The van der Waals surface area contributed by atoms with Gasteiger partial charge in [-0.05, 0) is 42.0 Å². The summed E-state index contributed by atoms with van der Waals surface area (Å²) in [4.78, 5) is 13.8. The van der Waals surface area contributed by atoms with Crippen molar-refractivity contribution in [1.29, 1.82) is 0 Å². The number of hydrogen-bond acceptors (Lipinski definition) is 3. The highest BCUT2D eigenvalue weighted by Crippen LogP contribution is 2.39. The number of ether oxygens (including phenoxy) is 1. The van der Waals surface area contributed by atoms with Gasteiger partial charge in [-0.3, -0.25) is 4.79 Å². The summed E-state index contributed by atoms with van der Waals surface area (Å²) in [7, 11) is 1.61. The van der Waals surface area contributed by atoms with Crippen molar-refractivity contribution in [1.82, 2.24) is 0 Å². The Morgan fingerprint density at radius 3 is 2.52 bits per heavy atom. The van der Waals surface area contributed by atoms with Gasteiger partial charge in [0.2, 0.25) is 5.91 Å². The first-order chi connectivity index (χ1) is 10.1. The lowest BCUT2D eigenvalue weighted by atomic mass is 9.88. The van der Waals surface area contributed by atoms with Crippen LogP contribution < -0.4 is 15.4 Å². The molecule has 1 saturated heterocycles. The van der Waals surface area contributed by atoms with Crippen LogP contribution in [0.25, 0.3) is 0 Å². The zero-order valence-electron chi connectivity index (χ0n) is 11.5. The van der Waals surface area contributed by atoms with Crippen LogP contribution in [0.3, 0.4) is 0 Å². The maximum Gasteiger partial charge on any atom is 0.247 e. The number of nitrogens with zero attached hydrogens (tertiary/aromatic N) is 1. The number of methoxy groups -OCH3 is 1. The van der Waals surface area contributed by atoms with Gasteiger partial charge >= 0.3 is 0 Å². The minimum Gasteiger partial charge on any atom is -0.497 e. The quantitative estimate of drug-likeness (QED) is 0.887. The maximum atomic E-state index is 12.1. The second-order valence-electron chi connectivity index (χ2n) is 4.93. The Kier molecular flexibility index (Phi) is 3.57. The molecule has 1 heterocycles. The molecule has 0 saturated carbocycles. The van der Waals surface area contributed by atoms with Crippen molar-refractivity contribution in [3.05, 3.63) is 59.1 Å². The van der Waals surface area contributed by atoms with Crippen molar-refractivity contribution >= 4 is 23.2 Å². The number of carbonyl (C=O) groups is 1. The smallest absolute Gasteiger partial charge is 0.247 e. The summed E-state index contributed by atoms with van der Waals surface area (Å²) in [5.41, 5.74) is 7.71. The molecule has 2 N–H and O–H groups in total. The van der Waals surface area contributed by atoms with Crippen LogP contribution in [0.2, 0.25) is 5.02 Å². The highest BCUT2D eigenvalue weighted by Gasteiger charge is 2.46. The molecule has 0 spiro atoms. The van der Waals surface area contributed by atoms with Gasteiger partial charge in [0.25, 0.3) is 0 Å². The topological polar surface area (TPSA) is 55.6 Å². The Hall–Kier alpha value is -2.04. The number of benzene rings is 2. The third kappa shape index (κ3) is 2.37. The van der Waals surface area contributed by atoms with Crippen LogP contribution in [0.15, 0.2) is 48.5 Å². The zero-order valence-corrected chi connectivity index (χ0v) is 12.2. The van der Waals surface area contributed by atoms with Gasteiger partial charge in [0.1, 0.15) is 11.8 Å². The number of β-lactam (4-membered cyclic amide) rings is 1. The second kappa shape index (κ2) is 5.39. The Morgan fingerprint density at radius 1 is 1.19 bits per heavy atom. The largest absolute Gasteiger partial charge is 0.497 e. The summed E-state index contributed by atoms with van der Waals surface area (Å²) in [6.45, 7) is 0. The van der Waals surface area contributed by atoms with Crippen LogP contribution in [0.4, 0.5) is 5.69 Å². The fraction of sp³-hybridized carbons (Fsp3) is 0.188. The predicted octanol–water partition coefficient (Wildman–Crippen LogP) is 2.76. The van der Waals surface area contributed by atoms with Crippen molar-refractivity contribution in [2.45, 2.75) is 12.1 Å². The molecule has 0 unspecified atom stereocenters. The standard InChI is InChI=1S/C16H15ClN2O2/c1-21-13-7-5-12(6-8-13)19-15(14(18)16(19)20)10-3-2-4-11(17)9-10/h2-9,14-15H,18H2,1H3/t14-,15+/m0/s1. The molecule has 2 aromatic rings. The van der Waals surface area contributed by atoms with Gasteiger partial charge in [-0.2, -0.15) is 0 Å². The molecular weight excluding hydrogens is 288 g/mol. The van der Waals surface area contributed by atoms with Crippen LogP contribution in [-0.2, 0) is 4.79 Å². The summed E-state index contributed by atoms with van der Waals surface area (Å²) < 4.78 is 5.13. The molecule has 5 heteroatoms. The lowest BCUT2D eigenvalue weighted by Crippen LogP contribution is -2.63. The minimum absolute atomic E-state index is 0.0925. The van der Waals surface area contributed by atoms with E-state index in [1.165, 1.54) is 0 Å². The lowest BCUT2D eigenvalue weighted by Gasteiger charge is -2.45. The van der Waals surface area contributed by atoms with E-state index < -0.39 is 6.04 Å². The SMILES string of the molecule is COc1ccc(N2C(=O)[C@@H](N)[C@H]2c2cccc(Cl)c2)cc1. The van der Waals surface area contributed by atoms with E-state index in [2.05, 4.69) is 0 Å². The molecule has 21 heavy (non-hydrogen) atoms. The monoisotopic (exact) mass is 302 g/mol. The van der Waals surface area contributed by atoms with Gasteiger partial charge in [-0.1, -0.05) is 23.7 Å². The molecule has 1 fully saturated rings. The molecular formula is C16H15ClN2O2. The van der Waals surface area contributed by atoms with Gasteiger partial charge in [-0.15, -0.1) is 0 Å². The first-order valence-electron chi connectivity index (χ1n) is 6.60. The molecule has 4 nitrogen and oxygen atoms in total.